The standard InChI is InChI=1S/C45H44Cl2F8N6O6S4/c1-26(60(38(62)15-28-11-13-36(44(50,51)52)56-39(28)46)29-16-42(17-29)22-58(23-42)70(64,65)34-9-5-3-7-32(34)48)20-68-69-21-27(2)61(41(63)31-12-14-37(45(53,54)55)57-40(31)47)30-18-43(19-30)24-59(25-43)71(66,67)35-10-6-4-8-33(35)49/h3-14,26-27,29-30H,15-25H2,1-2H3. The Kier molecular flexibility index (Phi) is 14.9. The van der Waals surface area contributed by atoms with Gasteiger partial charge < -0.3 is 9.80 Å². The molecule has 2 saturated carbocycles. The van der Waals surface area contributed by atoms with Crippen LogP contribution >= 0.6 is 44.8 Å². The Bertz CT molecular complexity index is 2930. The molecule has 4 fully saturated rings. The minimum absolute atomic E-state index is 0.0600. The van der Waals surface area contributed by atoms with Crippen LogP contribution in [0.25, 0.3) is 0 Å². The number of amides is 2. The van der Waals surface area contributed by atoms with Gasteiger partial charge in [-0.05, 0) is 87.6 Å². The number of rotatable bonds is 16. The second kappa shape index (κ2) is 19.8. The minimum Gasteiger partial charge on any atom is -0.336 e. The van der Waals surface area contributed by atoms with Crippen molar-refractivity contribution < 1.29 is 61.5 Å². The monoisotopic (exact) mass is 1110 g/mol. The minimum atomic E-state index is -4.83. The average molecular weight is 1120 g/mol. The van der Waals surface area contributed by atoms with Gasteiger partial charge in [-0.3, -0.25) is 9.59 Å². The van der Waals surface area contributed by atoms with Gasteiger partial charge >= 0.3 is 12.4 Å². The molecule has 8 rings (SSSR count). The summed E-state index contributed by atoms with van der Waals surface area (Å²) in [6.07, 6.45) is -8.57. The predicted octanol–water partition coefficient (Wildman–Crippen LogP) is 9.48. The first kappa shape index (κ1) is 53.5. The van der Waals surface area contributed by atoms with E-state index < -0.39 is 129 Å². The fraction of sp³-hybridized carbons (Fsp3) is 0.467. The van der Waals surface area contributed by atoms with Crippen LogP contribution < -0.4 is 0 Å². The molecule has 2 atom stereocenters. The molecule has 2 aliphatic heterocycles. The van der Waals surface area contributed by atoms with Gasteiger partial charge in [0.05, 0.1) is 12.0 Å². The van der Waals surface area contributed by atoms with E-state index >= 15 is 0 Å². The maximum atomic E-state index is 14.5. The third kappa shape index (κ3) is 10.8. The van der Waals surface area contributed by atoms with Gasteiger partial charge in [0.2, 0.25) is 26.0 Å². The van der Waals surface area contributed by atoms with Crippen LogP contribution in [0.5, 0.6) is 0 Å². The Hall–Kier alpha value is -3.78. The molecule has 4 heterocycles. The van der Waals surface area contributed by atoms with Crippen LogP contribution in [0.1, 0.15) is 66.8 Å². The van der Waals surface area contributed by atoms with Crippen molar-refractivity contribution in [1.82, 2.24) is 28.4 Å². The van der Waals surface area contributed by atoms with E-state index in [-0.39, 0.29) is 43.1 Å². The number of hydrogen-bond acceptors (Lipinski definition) is 10. The Morgan fingerprint density at radius 1 is 0.662 bits per heavy atom. The summed E-state index contributed by atoms with van der Waals surface area (Å²) in [6.45, 7) is 3.81. The molecular weight excluding hydrogens is 1070 g/mol. The Morgan fingerprint density at radius 2 is 1.07 bits per heavy atom. The highest BCUT2D eigenvalue weighted by Gasteiger charge is 2.59. The molecule has 4 aromatic rings. The van der Waals surface area contributed by atoms with Gasteiger partial charge in [0.1, 0.15) is 43.1 Å². The zero-order valence-corrected chi connectivity index (χ0v) is 42.3. The SMILES string of the molecule is CC(CSSCC(C)N(C(=O)c1ccc(C(F)(F)F)nc1Cl)C1CC2(C1)CN(S(=O)(=O)c1ccccc1F)C2)N(C(=O)Cc1ccc(C(F)(F)F)nc1Cl)C1CC2(C1)CN(S(=O)(=O)c1ccccc1F)C2. The van der Waals surface area contributed by atoms with E-state index in [1.54, 1.807) is 18.7 Å². The van der Waals surface area contributed by atoms with Crippen LogP contribution in [-0.2, 0) is 43.6 Å². The molecule has 12 nitrogen and oxygen atoms in total. The van der Waals surface area contributed by atoms with Crippen molar-refractivity contribution >= 4 is 76.7 Å². The number of carbonyl (C=O) groups excluding carboxylic acids is 2. The summed E-state index contributed by atoms with van der Waals surface area (Å²) in [5.41, 5.74) is -3.77. The van der Waals surface area contributed by atoms with Crippen molar-refractivity contribution in [3.63, 3.8) is 0 Å². The van der Waals surface area contributed by atoms with Crippen LogP contribution in [0.4, 0.5) is 35.1 Å². The van der Waals surface area contributed by atoms with Gasteiger partial charge in [0, 0.05) is 72.7 Å². The molecule has 384 valence electrons. The molecule has 0 radical (unpaired) electrons. The van der Waals surface area contributed by atoms with Gasteiger partial charge in [-0.25, -0.2) is 35.6 Å². The molecule has 4 aliphatic rings. The van der Waals surface area contributed by atoms with Gasteiger partial charge in [-0.15, -0.1) is 0 Å². The van der Waals surface area contributed by atoms with E-state index in [4.69, 9.17) is 23.2 Å². The number of alkyl halides is 6. The lowest BCUT2D eigenvalue weighted by Gasteiger charge is -2.61. The number of aromatic nitrogens is 2. The molecule has 2 aromatic carbocycles. The fourth-order valence-corrected chi connectivity index (χ4v) is 16.6. The highest BCUT2D eigenvalue weighted by Crippen LogP contribution is 2.54. The lowest BCUT2D eigenvalue weighted by molar-refractivity contribution is -0.146. The van der Waals surface area contributed by atoms with Gasteiger partial charge in [-0.1, -0.05) is 75.1 Å². The first-order valence-corrected chi connectivity index (χ1v) is 28.1. The van der Waals surface area contributed by atoms with Crippen LogP contribution in [0.2, 0.25) is 10.3 Å². The first-order valence-electron chi connectivity index (χ1n) is 22.0. The zero-order chi connectivity index (χ0) is 51.6. The molecule has 2 aliphatic carbocycles. The van der Waals surface area contributed by atoms with Gasteiger partial charge in [0.25, 0.3) is 5.91 Å². The predicted molar refractivity (Wildman–Crippen MR) is 250 cm³/mol. The highest BCUT2D eigenvalue weighted by molar-refractivity contribution is 8.76. The molecule has 0 bridgehead atoms. The molecule has 2 aromatic heterocycles. The highest BCUT2D eigenvalue weighted by atomic mass is 35.5. The van der Waals surface area contributed by atoms with E-state index in [1.807, 2.05) is 0 Å². The van der Waals surface area contributed by atoms with Crippen molar-refractivity contribution in [2.45, 2.75) is 92.3 Å². The second-order valence-electron chi connectivity index (χ2n) is 18.7. The Morgan fingerprint density at radius 3 is 1.49 bits per heavy atom. The topological polar surface area (TPSA) is 141 Å². The lowest BCUT2D eigenvalue weighted by Crippen LogP contribution is -2.68. The van der Waals surface area contributed by atoms with E-state index in [2.05, 4.69) is 9.97 Å². The smallest absolute Gasteiger partial charge is 0.336 e. The third-order valence-corrected chi connectivity index (χ3v) is 20.5. The molecular formula is C45H44Cl2F8N6O6S4. The van der Waals surface area contributed by atoms with E-state index in [9.17, 15) is 61.5 Å². The average Bonchev–Trinajstić information content (AvgIpc) is 3.22. The Balaban J connectivity index is 0.941. The zero-order valence-electron chi connectivity index (χ0n) is 37.6. The third-order valence-electron chi connectivity index (χ3n) is 13.5. The normalized spacial score (nSPS) is 20.1. The summed E-state index contributed by atoms with van der Waals surface area (Å²) in [6, 6.07) is 11.4. The summed E-state index contributed by atoms with van der Waals surface area (Å²) >= 11 is 12.4. The van der Waals surface area contributed by atoms with E-state index in [1.165, 1.54) is 67.2 Å². The lowest BCUT2D eigenvalue weighted by atomic mass is 9.61. The molecule has 2 unspecified atom stereocenters. The first-order chi connectivity index (χ1) is 33.1. The number of hydrogen-bond donors (Lipinski definition) is 0. The number of nitrogens with zero attached hydrogens (tertiary/aromatic N) is 6. The van der Waals surface area contributed by atoms with E-state index in [0.29, 0.717) is 37.5 Å². The van der Waals surface area contributed by atoms with Crippen molar-refractivity contribution in [2.24, 2.45) is 10.8 Å². The number of sulfonamides is 2. The number of halogens is 10. The largest absolute Gasteiger partial charge is 0.433 e. The number of carbonyl (C=O) groups is 2. The molecule has 2 spiro atoms. The maximum absolute atomic E-state index is 14.5. The fourth-order valence-electron chi connectivity index (χ4n) is 10.0. The summed E-state index contributed by atoms with van der Waals surface area (Å²) in [5, 5.41) is -1.15. The van der Waals surface area contributed by atoms with Gasteiger partial charge in [-0.2, -0.15) is 35.0 Å². The van der Waals surface area contributed by atoms with E-state index in [0.717, 1.165) is 34.6 Å². The molecule has 2 saturated heterocycles. The maximum Gasteiger partial charge on any atom is 0.433 e. The molecule has 2 amide bonds. The van der Waals surface area contributed by atoms with Crippen molar-refractivity contribution in [3.8, 4) is 0 Å². The van der Waals surface area contributed by atoms with Crippen molar-refractivity contribution in [1.29, 1.82) is 0 Å². The van der Waals surface area contributed by atoms with Crippen LogP contribution in [0, 0.1) is 22.5 Å². The molecule has 26 heteroatoms. The van der Waals surface area contributed by atoms with Crippen molar-refractivity contribution in [3.05, 3.63) is 117 Å². The summed E-state index contributed by atoms with van der Waals surface area (Å²) < 4.78 is 165. The second-order valence-corrected chi connectivity index (χ2v) is 25.7. The van der Waals surface area contributed by atoms with Crippen LogP contribution in [-0.4, -0.2) is 119 Å². The van der Waals surface area contributed by atoms with Crippen LogP contribution in [0.15, 0.2) is 82.6 Å². The Labute approximate surface area is 422 Å². The molecule has 0 N–H and O–H groups in total. The summed E-state index contributed by atoms with van der Waals surface area (Å²) in [5.74, 6) is -2.40. The summed E-state index contributed by atoms with van der Waals surface area (Å²) in [4.78, 5) is 37.5. The van der Waals surface area contributed by atoms with Crippen LogP contribution in [0.3, 0.4) is 0 Å². The summed E-state index contributed by atoms with van der Waals surface area (Å²) in [7, 11) is -5.61. The van der Waals surface area contributed by atoms with Crippen molar-refractivity contribution in [2.75, 3.05) is 37.7 Å². The number of benzene rings is 2. The quantitative estimate of drug-likeness (QED) is 0.0461. The molecule has 71 heavy (non-hydrogen) atoms. The van der Waals surface area contributed by atoms with Gasteiger partial charge in [0.15, 0.2) is 0 Å². The number of pyridine rings is 2.